The highest BCUT2D eigenvalue weighted by molar-refractivity contribution is 5.29. The predicted molar refractivity (Wildman–Crippen MR) is 59.5 cm³/mol. The molecule has 0 aromatic heterocycles. The predicted octanol–water partition coefficient (Wildman–Crippen LogP) is 2.50. The molecule has 0 radical (unpaired) electrons. The van der Waals surface area contributed by atoms with E-state index in [0.717, 1.165) is 24.8 Å². The number of benzene rings is 1. The Kier molecular flexibility index (Phi) is 4.56. The van der Waals surface area contributed by atoms with Gasteiger partial charge in [-0.25, -0.2) is 4.39 Å². The molecule has 2 N–H and O–H groups in total. The van der Waals surface area contributed by atoms with Gasteiger partial charge in [-0.05, 0) is 37.0 Å². The smallest absolute Gasteiger partial charge is 0.165 e. The normalized spacial score (nSPS) is 12.5. The summed E-state index contributed by atoms with van der Waals surface area (Å²) in [5, 5.41) is 0. The van der Waals surface area contributed by atoms with E-state index < -0.39 is 0 Å². The van der Waals surface area contributed by atoms with Gasteiger partial charge >= 0.3 is 0 Å². The fourth-order valence-electron chi connectivity index (χ4n) is 1.42. The molecule has 0 bridgehead atoms. The highest BCUT2D eigenvalue weighted by atomic mass is 19.1. The maximum absolute atomic E-state index is 13.3. The van der Waals surface area contributed by atoms with Gasteiger partial charge in [0.1, 0.15) is 0 Å². The van der Waals surface area contributed by atoms with Gasteiger partial charge in [-0.15, -0.1) is 0 Å². The molecule has 0 spiro atoms. The van der Waals surface area contributed by atoms with Crippen LogP contribution >= 0.6 is 0 Å². The summed E-state index contributed by atoms with van der Waals surface area (Å²) in [4.78, 5) is 0. The number of hydrogen-bond donors (Lipinski definition) is 1. The van der Waals surface area contributed by atoms with Crippen LogP contribution in [-0.2, 0) is 6.42 Å². The van der Waals surface area contributed by atoms with Gasteiger partial charge in [-0.1, -0.05) is 13.0 Å². The number of rotatable bonds is 5. The lowest BCUT2D eigenvalue weighted by molar-refractivity contribution is 0.386. The Morgan fingerprint density at radius 1 is 1.47 bits per heavy atom. The molecule has 0 aliphatic heterocycles. The van der Waals surface area contributed by atoms with Gasteiger partial charge in [0.15, 0.2) is 11.6 Å². The molecule has 0 heterocycles. The summed E-state index contributed by atoms with van der Waals surface area (Å²) in [7, 11) is 1.46. The zero-order valence-electron chi connectivity index (χ0n) is 9.29. The van der Waals surface area contributed by atoms with Crippen LogP contribution < -0.4 is 10.5 Å². The summed E-state index contributed by atoms with van der Waals surface area (Å²) >= 11 is 0. The molecule has 1 unspecified atom stereocenters. The van der Waals surface area contributed by atoms with Crippen molar-refractivity contribution >= 4 is 0 Å². The average Bonchev–Trinajstić information content (AvgIpc) is 2.26. The maximum atomic E-state index is 13.3. The Balaban J connectivity index is 2.59. The van der Waals surface area contributed by atoms with Gasteiger partial charge in [0, 0.05) is 6.04 Å². The van der Waals surface area contributed by atoms with Crippen LogP contribution in [0.15, 0.2) is 18.2 Å². The van der Waals surface area contributed by atoms with Crippen molar-refractivity contribution in [1.82, 2.24) is 0 Å². The van der Waals surface area contributed by atoms with E-state index in [9.17, 15) is 4.39 Å². The van der Waals surface area contributed by atoms with Crippen LogP contribution in [0.4, 0.5) is 4.39 Å². The zero-order valence-corrected chi connectivity index (χ0v) is 9.29. The van der Waals surface area contributed by atoms with E-state index in [0.29, 0.717) is 5.75 Å². The molecule has 0 aliphatic rings. The molecule has 0 amide bonds. The number of nitrogens with two attached hydrogens (primary N) is 1. The van der Waals surface area contributed by atoms with Gasteiger partial charge in [0.2, 0.25) is 0 Å². The van der Waals surface area contributed by atoms with Crippen molar-refractivity contribution in [3.63, 3.8) is 0 Å². The summed E-state index contributed by atoms with van der Waals surface area (Å²) in [6.45, 7) is 2.05. The highest BCUT2D eigenvalue weighted by Crippen LogP contribution is 2.18. The van der Waals surface area contributed by atoms with Gasteiger partial charge in [0.05, 0.1) is 7.11 Å². The van der Waals surface area contributed by atoms with Crippen LogP contribution in [0.3, 0.4) is 0 Å². The summed E-state index contributed by atoms with van der Waals surface area (Å²) < 4.78 is 18.1. The van der Waals surface area contributed by atoms with Crippen molar-refractivity contribution in [3.05, 3.63) is 29.6 Å². The second-order valence-corrected chi connectivity index (χ2v) is 3.68. The lowest BCUT2D eigenvalue weighted by Gasteiger charge is -2.09. The Bertz CT molecular complexity index is 314. The van der Waals surface area contributed by atoms with Crippen molar-refractivity contribution < 1.29 is 9.13 Å². The van der Waals surface area contributed by atoms with Crippen molar-refractivity contribution in [3.8, 4) is 5.75 Å². The zero-order chi connectivity index (χ0) is 11.3. The molecule has 0 saturated heterocycles. The van der Waals surface area contributed by atoms with Crippen molar-refractivity contribution in [2.24, 2.45) is 5.73 Å². The minimum Gasteiger partial charge on any atom is -0.494 e. The second kappa shape index (κ2) is 5.71. The van der Waals surface area contributed by atoms with Crippen molar-refractivity contribution in [1.29, 1.82) is 0 Å². The molecule has 15 heavy (non-hydrogen) atoms. The third-order valence-electron chi connectivity index (χ3n) is 2.54. The molecule has 2 nitrogen and oxygen atoms in total. The average molecular weight is 211 g/mol. The minimum atomic E-state index is -0.305. The molecule has 1 aromatic rings. The van der Waals surface area contributed by atoms with Crippen LogP contribution in [0.2, 0.25) is 0 Å². The lowest BCUT2D eigenvalue weighted by atomic mass is 10.0. The van der Waals surface area contributed by atoms with Gasteiger partial charge in [0.25, 0.3) is 0 Å². The first-order chi connectivity index (χ1) is 7.17. The van der Waals surface area contributed by atoms with Crippen LogP contribution in [0, 0.1) is 5.82 Å². The Morgan fingerprint density at radius 2 is 2.20 bits per heavy atom. The van der Waals surface area contributed by atoms with Gasteiger partial charge < -0.3 is 10.5 Å². The summed E-state index contributed by atoms with van der Waals surface area (Å²) in [5.74, 6) is -0.0152. The van der Waals surface area contributed by atoms with Crippen LogP contribution in [-0.4, -0.2) is 13.2 Å². The molecule has 0 aliphatic carbocycles. The van der Waals surface area contributed by atoms with E-state index >= 15 is 0 Å². The first kappa shape index (κ1) is 12.0. The molecule has 84 valence electrons. The van der Waals surface area contributed by atoms with E-state index in [1.165, 1.54) is 13.2 Å². The quantitative estimate of drug-likeness (QED) is 0.812. The fourth-order valence-corrected chi connectivity index (χ4v) is 1.42. The summed E-state index contributed by atoms with van der Waals surface area (Å²) in [6, 6.07) is 5.25. The van der Waals surface area contributed by atoms with Crippen LogP contribution in [0.5, 0.6) is 5.75 Å². The summed E-state index contributed by atoms with van der Waals surface area (Å²) in [6.07, 6.45) is 2.66. The topological polar surface area (TPSA) is 35.2 Å². The third kappa shape index (κ3) is 3.51. The SMILES string of the molecule is CCC(N)CCc1ccc(OC)c(F)c1. The number of hydrogen-bond acceptors (Lipinski definition) is 2. The van der Waals surface area contributed by atoms with E-state index in [4.69, 9.17) is 10.5 Å². The fraction of sp³-hybridized carbons (Fsp3) is 0.500. The number of aryl methyl sites for hydroxylation is 1. The van der Waals surface area contributed by atoms with Crippen LogP contribution in [0.1, 0.15) is 25.3 Å². The van der Waals surface area contributed by atoms with E-state index in [2.05, 4.69) is 6.92 Å². The molecule has 1 rings (SSSR count). The molecule has 0 saturated carbocycles. The Labute approximate surface area is 90.2 Å². The molecule has 0 fully saturated rings. The molecule has 3 heteroatoms. The first-order valence-electron chi connectivity index (χ1n) is 5.25. The number of halogens is 1. The van der Waals surface area contributed by atoms with E-state index in [-0.39, 0.29) is 11.9 Å². The van der Waals surface area contributed by atoms with Gasteiger partial charge in [-0.2, -0.15) is 0 Å². The van der Waals surface area contributed by atoms with Crippen molar-refractivity contribution in [2.75, 3.05) is 7.11 Å². The lowest BCUT2D eigenvalue weighted by Crippen LogP contribution is -2.19. The monoisotopic (exact) mass is 211 g/mol. The highest BCUT2D eigenvalue weighted by Gasteiger charge is 2.05. The second-order valence-electron chi connectivity index (χ2n) is 3.68. The molecular weight excluding hydrogens is 193 g/mol. The minimum absolute atomic E-state index is 0.204. The van der Waals surface area contributed by atoms with E-state index in [1.54, 1.807) is 6.07 Å². The first-order valence-corrected chi connectivity index (χ1v) is 5.25. The number of ether oxygens (including phenoxy) is 1. The molecule has 1 atom stereocenters. The van der Waals surface area contributed by atoms with Crippen molar-refractivity contribution in [2.45, 2.75) is 32.2 Å². The molecule has 1 aromatic carbocycles. The largest absolute Gasteiger partial charge is 0.494 e. The van der Waals surface area contributed by atoms with Gasteiger partial charge in [-0.3, -0.25) is 0 Å². The number of methoxy groups -OCH3 is 1. The summed E-state index contributed by atoms with van der Waals surface area (Å²) in [5.41, 5.74) is 6.77. The van der Waals surface area contributed by atoms with Crippen LogP contribution in [0.25, 0.3) is 0 Å². The Morgan fingerprint density at radius 3 is 2.73 bits per heavy atom. The Hall–Kier alpha value is -1.09. The molecular formula is C12H18FNO. The maximum Gasteiger partial charge on any atom is 0.165 e. The standard InChI is InChI=1S/C12H18FNO/c1-3-10(14)6-4-9-5-7-12(15-2)11(13)8-9/h5,7-8,10H,3-4,6,14H2,1-2H3. The van der Waals surface area contributed by atoms with E-state index in [1.807, 2.05) is 6.07 Å². The third-order valence-corrected chi connectivity index (χ3v) is 2.54.